The summed E-state index contributed by atoms with van der Waals surface area (Å²) in [7, 11) is 0. The third kappa shape index (κ3) is 2.83. The van der Waals surface area contributed by atoms with Crippen LogP contribution in [-0.2, 0) is 0 Å². The lowest BCUT2D eigenvalue weighted by atomic mass is 10.1. The van der Waals surface area contributed by atoms with Gasteiger partial charge in [-0.1, -0.05) is 0 Å². The number of aromatic carboxylic acids is 1. The third-order valence-electron chi connectivity index (χ3n) is 3.24. The predicted octanol–water partition coefficient (Wildman–Crippen LogP) is 3.16. The zero-order valence-electron chi connectivity index (χ0n) is 11.0. The Morgan fingerprint density at radius 3 is 2.90 bits per heavy atom. The van der Waals surface area contributed by atoms with Gasteiger partial charge in [0.05, 0.1) is 27.3 Å². The van der Waals surface area contributed by atoms with Crippen molar-refractivity contribution in [1.29, 1.82) is 5.26 Å². The van der Waals surface area contributed by atoms with E-state index in [2.05, 4.69) is 9.97 Å². The van der Waals surface area contributed by atoms with Crippen molar-refractivity contribution >= 4 is 29.5 Å². The highest BCUT2D eigenvalue weighted by atomic mass is 32.1. The SMILES string of the molecule is N#Cc1ccc(C(=O)O)nc1/C=C/c1scnc1C1CC1. The molecule has 1 aliphatic rings. The maximum absolute atomic E-state index is 11.0. The molecule has 3 rings (SSSR count). The van der Waals surface area contributed by atoms with Crippen molar-refractivity contribution in [2.45, 2.75) is 18.8 Å². The highest BCUT2D eigenvalue weighted by Gasteiger charge is 2.27. The molecule has 0 aliphatic heterocycles. The van der Waals surface area contributed by atoms with Gasteiger partial charge in [-0.15, -0.1) is 11.3 Å². The van der Waals surface area contributed by atoms with Crippen LogP contribution in [0.2, 0.25) is 0 Å². The normalized spacial score (nSPS) is 14.2. The van der Waals surface area contributed by atoms with Crippen LogP contribution in [0.1, 0.15) is 51.1 Å². The Balaban J connectivity index is 1.94. The van der Waals surface area contributed by atoms with E-state index in [1.54, 1.807) is 11.6 Å². The molecule has 0 bridgehead atoms. The molecule has 0 amide bonds. The van der Waals surface area contributed by atoms with Crippen molar-refractivity contribution in [2.75, 3.05) is 0 Å². The van der Waals surface area contributed by atoms with Crippen LogP contribution in [0.5, 0.6) is 0 Å². The molecule has 21 heavy (non-hydrogen) atoms. The second-order valence-corrected chi connectivity index (χ2v) is 5.64. The molecule has 0 unspecified atom stereocenters. The fourth-order valence-corrected chi connectivity index (χ4v) is 2.79. The van der Waals surface area contributed by atoms with Gasteiger partial charge < -0.3 is 5.11 Å². The molecule has 0 spiro atoms. The van der Waals surface area contributed by atoms with Gasteiger partial charge in [-0.3, -0.25) is 0 Å². The minimum Gasteiger partial charge on any atom is -0.477 e. The number of pyridine rings is 1. The van der Waals surface area contributed by atoms with Crippen molar-refractivity contribution in [3.63, 3.8) is 0 Å². The molecule has 1 saturated carbocycles. The van der Waals surface area contributed by atoms with Crippen molar-refractivity contribution in [3.8, 4) is 6.07 Å². The van der Waals surface area contributed by atoms with Crippen LogP contribution >= 0.6 is 11.3 Å². The molecule has 6 heteroatoms. The molecule has 0 radical (unpaired) electrons. The van der Waals surface area contributed by atoms with E-state index in [4.69, 9.17) is 10.4 Å². The molecule has 2 heterocycles. The molecule has 104 valence electrons. The van der Waals surface area contributed by atoms with Gasteiger partial charge in [-0.05, 0) is 37.1 Å². The molecule has 2 aromatic rings. The lowest BCUT2D eigenvalue weighted by Crippen LogP contribution is -2.02. The van der Waals surface area contributed by atoms with Gasteiger partial charge in [0.2, 0.25) is 0 Å². The predicted molar refractivity (Wildman–Crippen MR) is 78.9 cm³/mol. The number of nitriles is 1. The highest BCUT2D eigenvalue weighted by molar-refractivity contribution is 7.10. The Morgan fingerprint density at radius 1 is 1.43 bits per heavy atom. The summed E-state index contributed by atoms with van der Waals surface area (Å²) in [5.74, 6) is -0.560. The standard InChI is InChI=1S/C15H11N3O2S/c16-7-10-3-4-12(15(19)20)18-11(10)5-6-13-14(9-1-2-9)17-8-21-13/h3-6,8-9H,1-2H2,(H,19,20)/b6-5+. The fraction of sp³-hybridized carbons (Fsp3) is 0.200. The minimum absolute atomic E-state index is 0.0691. The molecule has 1 aliphatic carbocycles. The Kier molecular flexibility index (Phi) is 3.50. The van der Waals surface area contributed by atoms with E-state index >= 15 is 0 Å². The summed E-state index contributed by atoms with van der Waals surface area (Å²) in [4.78, 5) is 20.4. The van der Waals surface area contributed by atoms with Gasteiger partial charge in [-0.2, -0.15) is 5.26 Å². The van der Waals surface area contributed by atoms with Gasteiger partial charge in [0.25, 0.3) is 0 Å². The Labute approximate surface area is 125 Å². The van der Waals surface area contributed by atoms with E-state index in [9.17, 15) is 4.79 Å². The summed E-state index contributed by atoms with van der Waals surface area (Å²) in [6.45, 7) is 0. The van der Waals surface area contributed by atoms with Crippen molar-refractivity contribution < 1.29 is 9.90 Å². The van der Waals surface area contributed by atoms with Crippen LogP contribution < -0.4 is 0 Å². The number of hydrogen-bond donors (Lipinski definition) is 1. The van der Waals surface area contributed by atoms with Gasteiger partial charge in [0.15, 0.2) is 0 Å². The number of nitrogens with zero attached hydrogens (tertiary/aromatic N) is 3. The van der Waals surface area contributed by atoms with Crippen LogP contribution in [0.3, 0.4) is 0 Å². The van der Waals surface area contributed by atoms with Crippen LogP contribution in [-0.4, -0.2) is 21.0 Å². The van der Waals surface area contributed by atoms with Gasteiger partial charge in [-0.25, -0.2) is 14.8 Å². The quantitative estimate of drug-likeness (QED) is 0.936. The van der Waals surface area contributed by atoms with Crippen molar-refractivity contribution in [2.24, 2.45) is 0 Å². The van der Waals surface area contributed by atoms with E-state index in [1.165, 1.54) is 36.3 Å². The number of aromatic nitrogens is 2. The monoisotopic (exact) mass is 297 g/mol. The Hall–Kier alpha value is -2.52. The molecule has 1 fully saturated rings. The average Bonchev–Trinajstić information content (AvgIpc) is 3.23. The highest BCUT2D eigenvalue weighted by Crippen LogP contribution is 2.42. The summed E-state index contributed by atoms with van der Waals surface area (Å²) in [6.07, 6.45) is 5.88. The summed E-state index contributed by atoms with van der Waals surface area (Å²) in [6, 6.07) is 4.83. The summed E-state index contributed by atoms with van der Waals surface area (Å²) >= 11 is 1.54. The molecular weight excluding hydrogens is 286 g/mol. The van der Waals surface area contributed by atoms with Gasteiger partial charge in [0, 0.05) is 5.92 Å². The molecule has 0 saturated heterocycles. The van der Waals surface area contributed by atoms with Crippen LogP contribution in [0, 0.1) is 11.3 Å². The first kappa shape index (κ1) is 13.5. The molecule has 5 nitrogen and oxygen atoms in total. The lowest BCUT2D eigenvalue weighted by molar-refractivity contribution is 0.0690. The van der Waals surface area contributed by atoms with Crippen molar-refractivity contribution in [1.82, 2.24) is 9.97 Å². The zero-order valence-corrected chi connectivity index (χ0v) is 11.8. The minimum atomic E-state index is -1.11. The van der Waals surface area contributed by atoms with Crippen LogP contribution in [0.15, 0.2) is 17.6 Å². The van der Waals surface area contributed by atoms with E-state index in [1.807, 2.05) is 12.1 Å². The maximum Gasteiger partial charge on any atom is 0.354 e. The summed E-state index contributed by atoms with van der Waals surface area (Å²) in [5, 5.41) is 18.0. The Bertz CT molecular complexity index is 769. The van der Waals surface area contributed by atoms with E-state index < -0.39 is 5.97 Å². The smallest absolute Gasteiger partial charge is 0.354 e. The number of rotatable bonds is 4. The maximum atomic E-state index is 11.0. The third-order valence-corrected chi connectivity index (χ3v) is 4.05. The first-order chi connectivity index (χ1) is 10.2. The van der Waals surface area contributed by atoms with Crippen LogP contribution in [0.4, 0.5) is 0 Å². The molecule has 0 atom stereocenters. The second-order valence-electron chi connectivity index (χ2n) is 4.76. The summed E-state index contributed by atoms with van der Waals surface area (Å²) < 4.78 is 0. The van der Waals surface area contributed by atoms with E-state index in [0.717, 1.165) is 10.6 Å². The summed E-state index contributed by atoms with van der Waals surface area (Å²) in [5.41, 5.74) is 3.55. The number of carbonyl (C=O) groups is 1. The zero-order chi connectivity index (χ0) is 14.8. The van der Waals surface area contributed by atoms with E-state index in [-0.39, 0.29) is 5.69 Å². The lowest BCUT2D eigenvalue weighted by Gasteiger charge is -1.99. The molecule has 1 N–H and O–H groups in total. The second kappa shape index (κ2) is 5.46. The largest absolute Gasteiger partial charge is 0.477 e. The number of thiazole rings is 1. The molecule has 0 aromatic carbocycles. The first-order valence-electron chi connectivity index (χ1n) is 6.45. The van der Waals surface area contributed by atoms with Crippen LogP contribution in [0.25, 0.3) is 12.2 Å². The molecule has 2 aromatic heterocycles. The average molecular weight is 297 g/mol. The number of hydrogen-bond acceptors (Lipinski definition) is 5. The van der Waals surface area contributed by atoms with Gasteiger partial charge in [0.1, 0.15) is 11.8 Å². The Morgan fingerprint density at radius 2 is 2.24 bits per heavy atom. The first-order valence-corrected chi connectivity index (χ1v) is 7.33. The van der Waals surface area contributed by atoms with Gasteiger partial charge >= 0.3 is 5.97 Å². The topological polar surface area (TPSA) is 86.9 Å². The number of carboxylic acid groups (broad SMARTS) is 1. The number of carboxylic acids is 1. The molecular formula is C15H11N3O2S. The van der Waals surface area contributed by atoms with E-state index in [0.29, 0.717) is 17.2 Å². The van der Waals surface area contributed by atoms with Crippen molar-refractivity contribution in [3.05, 3.63) is 45.2 Å². The fourth-order valence-electron chi connectivity index (χ4n) is 2.02.